The summed E-state index contributed by atoms with van der Waals surface area (Å²) in [5, 5.41) is 3.21. The smallest absolute Gasteiger partial charge is 0.326 e. The summed E-state index contributed by atoms with van der Waals surface area (Å²) in [5.74, 6) is 0.625. The summed E-state index contributed by atoms with van der Waals surface area (Å²) in [6.45, 7) is 3.17. The molecular weight excluding hydrogens is 254 g/mol. The molecule has 0 aromatic carbocycles. The van der Waals surface area contributed by atoms with Crippen LogP contribution in [-0.4, -0.2) is 37.9 Å². The molecule has 4 nitrogen and oxygen atoms in total. The second-order valence-corrected chi connectivity index (χ2v) is 6.25. The first-order valence-electron chi connectivity index (χ1n) is 8.18. The van der Waals surface area contributed by atoms with Gasteiger partial charge in [0.2, 0.25) is 0 Å². The molecule has 116 valence electrons. The van der Waals surface area contributed by atoms with Crippen molar-refractivity contribution in [3.8, 4) is 0 Å². The van der Waals surface area contributed by atoms with E-state index in [1.165, 1.54) is 25.7 Å². The molecule has 2 atom stereocenters. The number of ether oxygens (including phenoxy) is 2. The van der Waals surface area contributed by atoms with Gasteiger partial charge >= 0.3 is 5.97 Å². The second kappa shape index (κ2) is 7.41. The third-order valence-electron chi connectivity index (χ3n) is 4.89. The zero-order chi connectivity index (χ0) is 14.4. The number of carbonyl (C=O) groups is 1. The summed E-state index contributed by atoms with van der Waals surface area (Å²) in [6, 6.07) is 0. The largest absolute Gasteiger partial charge is 0.465 e. The van der Waals surface area contributed by atoms with E-state index in [-0.39, 0.29) is 12.1 Å². The van der Waals surface area contributed by atoms with E-state index in [0.717, 1.165) is 38.2 Å². The third kappa shape index (κ3) is 3.73. The molecule has 4 heteroatoms. The average molecular weight is 283 g/mol. The first kappa shape index (κ1) is 15.8. The molecule has 0 aromatic rings. The second-order valence-electron chi connectivity index (χ2n) is 6.25. The number of hydrogen-bond acceptors (Lipinski definition) is 4. The maximum absolute atomic E-state index is 12.2. The van der Waals surface area contributed by atoms with Crippen LogP contribution in [0.5, 0.6) is 0 Å². The van der Waals surface area contributed by atoms with Crippen LogP contribution in [0.2, 0.25) is 0 Å². The van der Waals surface area contributed by atoms with Crippen LogP contribution in [0.3, 0.4) is 0 Å². The average Bonchev–Trinajstić information content (AvgIpc) is 2.99. The number of esters is 1. The van der Waals surface area contributed by atoms with E-state index in [9.17, 15) is 4.79 Å². The van der Waals surface area contributed by atoms with Gasteiger partial charge in [-0.15, -0.1) is 0 Å². The minimum absolute atomic E-state index is 0.114. The van der Waals surface area contributed by atoms with E-state index in [1.807, 2.05) is 14.0 Å². The number of carbonyl (C=O) groups excluding carboxylic acids is 1. The van der Waals surface area contributed by atoms with Gasteiger partial charge in [0.15, 0.2) is 0 Å². The van der Waals surface area contributed by atoms with Crippen LogP contribution >= 0.6 is 0 Å². The summed E-state index contributed by atoms with van der Waals surface area (Å²) in [5.41, 5.74) is -0.533. The van der Waals surface area contributed by atoms with Gasteiger partial charge in [-0.25, -0.2) is 0 Å². The predicted octanol–water partition coefficient (Wildman–Crippen LogP) is 2.66. The Kier molecular flexibility index (Phi) is 5.85. The van der Waals surface area contributed by atoms with Crippen LogP contribution in [0.25, 0.3) is 0 Å². The highest BCUT2D eigenvalue weighted by Gasteiger charge is 2.43. The Balaban J connectivity index is 1.86. The monoisotopic (exact) mass is 283 g/mol. The lowest BCUT2D eigenvalue weighted by Crippen LogP contribution is -2.55. The Hall–Kier alpha value is -0.610. The van der Waals surface area contributed by atoms with E-state index in [0.29, 0.717) is 6.61 Å². The van der Waals surface area contributed by atoms with Crippen molar-refractivity contribution in [3.63, 3.8) is 0 Å². The zero-order valence-electron chi connectivity index (χ0n) is 13.0. The van der Waals surface area contributed by atoms with Crippen LogP contribution < -0.4 is 5.32 Å². The minimum Gasteiger partial charge on any atom is -0.465 e. The Morgan fingerprint density at radius 2 is 2.00 bits per heavy atom. The van der Waals surface area contributed by atoms with Crippen molar-refractivity contribution in [2.24, 2.45) is 5.92 Å². The lowest BCUT2D eigenvalue weighted by Gasteiger charge is -2.38. The highest BCUT2D eigenvalue weighted by molar-refractivity contribution is 5.81. The van der Waals surface area contributed by atoms with Crippen LogP contribution in [0.4, 0.5) is 0 Å². The molecule has 0 aliphatic heterocycles. The first-order valence-corrected chi connectivity index (χ1v) is 8.18. The van der Waals surface area contributed by atoms with Gasteiger partial charge in [0, 0.05) is 13.0 Å². The van der Waals surface area contributed by atoms with Gasteiger partial charge in [0.25, 0.3) is 0 Å². The number of likely N-dealkylation sites (N-methyl/N-ethyl adjacent to an activating group) is 1. The van der Waals surface area contributed by atoms with Crippen molar-refractivity contribution < 1.29 is 14.3 Å². The Bertz CT molecular complexity index is 315. The van der Waals surface area contributed by atoms with Crippen LogP contribution in [0, 0.1) is 5.92 Å². The van der Waals surface area contributed by atoms with Gasteiger partial charge in [-0.3, -0.25) is 4.79 Å². The van der Waals surface area contributed by atoms with E-state index in [4.69, 9.17) is 9.47 Å². The molecule has 20 heavy (non-hydrogen) atoms. The third-order valence-corrected chi connectivity index (χ3v) is 4.89. The van der Waals surface area contributed by atoms with Gasteiger partial charge in [0.05, 0.1) is 12.7 Å². The summed E-state index contributed by atoms with van der Waals surface area (Å²) in [6.07, 6.45) is 9.19. The van der Waals surface area contributed by atoms with Crippen molar-refractivity contribution in [1.29, 1.82) is 0 Å². The molecule has 2 aliphatic rings. The molecule has 0 spiro atoms. The molecule has 0 aromatic heterocycles. The van der Waals surface area contributed by atoms with Crippen molar-refractivity contribution >= 4 is 5.97 Å². The van der Waals surface area contributed by atoms with Crippen LogP contribution in [0.1, 0.15) is 58.3 Å². The van der Waals surface area contributed by atoms with E-state index in [2.05, 4.69) is 5.32 Å². The summed E-state index contributed by atoms with van der Waals surface area (Å²) >= 11 is 0. The highest BCUT2D eigenvalue weighted by Crippen LogP contribution is 2.32. The van der Waals surface area contributed by atoms with E-state index >= 15 is 0 Å². The molecule has 0 heterocycles. The highest BCUT2D eigenvalue weighted by atomic mass is 16.5. The maximum atomic E-state index is 12.2. The van der Waals surface area contributed by atoms with Gasteiger partial charge < -0.3 is 14.8 Å². The van der Waals surface area contributed by atoms with Crippen molar-refractivity contribution in [2.45, 2.75) is 69.9 Å². The van der Waals surface area contributed by atoms with Gasteiger partial charge in [0.1, 0.15) is 5.54 Å². The summed E-state index contributed by atoms with van der Waals surface area (Å²) in [4.78, 5) is 12.2. The molecule has 1 N–H and O–H groups in total. The fourth-order valence-corrected chi connectivity index (χ4v) is 3.60. The van der Waals surface area contributed by atoms with Crippen molar-refractivity contribution in [3.05, 3.63) is 0 Å². The quantitative estimate of drug-likeness (QED) is 0.761. The molecule has 0 amide bonds. The Morgan fingerprint density at radius 3 is 2.65 bits per heavy atom. The molecule has 0 radical (unpaired) electrons. The molecule has 2 saturated carbocycles. The van der Waals surface area contributed by atoms with Crippen molar-refractivity contribution in [2.75, 3.05) is 20.3 Å². The van der Waals surface area contributed by atoms with Gasteiger partial charge in [-0.2, -0.15) is 0 Å². The number of nitrogens with one attached hydrogen (secondary N) is 1. The fourth-order valence-electron chi connectivity index (χ4n) is 3.60. The standard InChI is InChI=1S/C16H29NO3/c1-3-19-15(18)16(17-2)10-6-9-14(11-16)20-12-13-7-4-5-8-13/h13-14,17H,3-12H2,1-2H3. The summed E-state index contributed by atoms with van der Waals surface area (Å²) in [7, 11) is 1.86. The molecule has 2 fully saturated rings. The van der Waals surface area contributed by atoms with Crippen LogP contribution in [0.15, 0.2) is 0 Å². The number of rotatable bonds is 6. The van der Waals surface area contributed by atoms with E-state index < -0.39 is 5.54 Å². The molecule has 2 aliphatic carbocycles. The van der Waals surface area contributed by atoms with Gasteiger partial charge in [-0.05, 0) is 52.0 Å². The topological polar surface area (TPSA) is 47.6 Å². The normalized spacial score (nSPS) is 31.4. The predicted molar refractivity (Wildman–Crippen MR) is 78.6 cm³/mol. The van der Waals surface area contributed by atoms with E-state index in [1.54, 1.807) is 0 Å². The molecular formula is C16H29NO3. The van der Waals surface area contributed by atoms with Crippen molar-refractivity contribution in [1.82, 2.24) is 5.32 Å². The molecule has 2 unspecified atom stereocenters. The lowest BCUT2D eigenvalue weighted by molar-refractivity contribution is -0.155. The number of hydrogen-bond donors (Lipinski definition) is 1. The lowest BCUT2D eigenvalue weighted by atomic mass is 9.80. The Morgan fingerprint density at radius 1 is 1.25 bits per heavy atom. The minimum atomic E-state index is -0.533. The Labute approximate surface area is 122 Å². The first-order chi connectivity index (χ1) is 9.70. The molecule has 0 saturated heterocycles. The molecule has 2 rings (SSSR count). The van der Waals surface area contributed by atoms with Gasteiger partial charge in [-0.1, -0.05) is 12.8 Å². The zero-order valence-corrected chi connectivity index (χ0v) is 13.0. The summed E-state index contributed by atoms with van der Waals surface area (Å²) < 4.78 is 11.3. The SMILES string of the molecule is CCOC(=O)C1(NC)CCCC(OCC2CCCC2)C1. The maximum Gasteiger partial charge on any atom is 0.326 e. The van der Waals surface area contributed by atoms with Crippen LogP contribution in [-0.2, 0) is 14.3 Å². The molecule has 0 bridgehead atoms. The fraction of sp³-hybridized carbons (Fsp3) is 0.938.